The molecular weight excluding hydrogens is 314 g/mol. The van der Waals surface area contributed by atoms with E-state index >= 15 is 0 Å². The van der Waals surface area contributed by atoms with Crippen LogP contribution >= 0.6 is 12.4 Å². The number of amides is 2. The molecule has 1 aliphatic heterocycles. The summed E-state index contributed by atoms with van der Waals surface area (Å²) in [5, 5.41) is 2.71. The van der Waals surface area contributed by atoms with Crippen molar-refractivity contribution in [1.29, 1.82) is 0 Å². The van der Waals surface area contributed by atoms with E-state index in [-0.39, 0.29) is 36.8 Å². The summed E-state index contributed by atoms with van der Waals surface area (Å²) in [6.45, 7) is 3.51. The van der Waals surface area contributed by atoms with E-state index in [1.165, 1.54) is 5.56 Å². The molecule has 0 aliphatic carbocycles. The van der Waals surface area contributed by atoms with Gasteiger partial charge in [-0.25, -0.2) is 0 Å². The minimum absolute atomic E-state index is 0. The smallest absolute Gasteiger partial charge is 0.241 e. The molecule has 0 unspecified atom stereocenters. The van der Waals surface area contributed by atoms with E-state index < -0.39 is 0 Å². The highest BCUT2D eigenvalue weighted by Crippen LogP contribution is 2.08. The van der Waals surface area contributed by atoms with Gasteiger partial charge in [0.25, 0.3) is 0 Å². The molecule has 6 heteroatoms. The number of nitrogens with two attached hydrogens (primary N) is 1. The number of halogens is 1. The fraction of sp³-hybridized carbons (Fsp3) is 0.529. The van der Waals surface area contributed by atoms with Gasteiger partial charge < -0.3 is 16.0 Å². The van der Waals surface area contributed by atoms with Crippen LogP contribution in [0.4, 0.5) is 0 Å². The van der Waals surface area contributed by atoms with Crippen LogP contribution in [0.2, 0.25) is 0 Å². The number of rotatable bonds is 5. The summed E-state index contributed by atoms with van der Waals surface area (Å²) in [7, 11) is 0. The highest BCUT2D eigenvalue weighted by atomic mass is 35.5. The second kappa shape index (κ2) is 9.53. The maximum Gasteiger partial charge on any atom is 0.241 e. The first-order valence-electron chi connectivity index (χ1n) is 7.90. The zero-order valence-corrected chi connectivity index (χ0v) is 14.4. The fourth-order valence-electron chi connectivity index (χ4n) is 2.54. The van der Waals surface area contributed by atoms with Crippen molar-refractivity contribution in [3.05, 3.63) is 35.4 Å². The summed E-state index contributed by atoms with van der Waals surface area (Å²) < 4.78 is 0. The maximum absolute atomic E-state index is 12.0. The molecule has 1 saturated heterocycles. The van der Waals surface area contributed by atoms with Gasteiger partial charge in [0.1, 0.15) is 0 Å². The van der Waals surface area contributed by atoms with E-state index in [1.54, 1.807) is 4.90 Å². The summed E-state index contributed by atoms with van der Waals surface area (Å²) in [4.78, 5) is 25.6. The zero-order valence-electron chi connectivity index (χ0n) is 13.6. The maximum atomic E-state index is 12.0. The number of hydrogen-bond acceptors (Lipinski definition) is 3. The van der Waals surface area contributed by atoms with Gasteiger partial charge in [0.2, 0.25) is 11.8 Å². The Morgan fingerprint density at radius 1 is 1.22 bits per heavy atom. The first-order valence-corrected chi connectivity index (χ1v) is 7.90. The number of carbonyl (C=O) groups is 2. The van der Waals surface area contributed by atoms with E-state index in [0.717, 1.165) is 18.4 Å². The van der Waals surface area contributed by atoms with E-state index in [0.29, 0.717) is 25.9 Å². The van der Waals surface area contributed by atoms with Gasteiger partial charge in [0.15, 0.2) is 0 Å². The summed E-state index contributed by atoms with van der Waals surface area (Å²) in [5.74, 6) is -0.0989. The van der Waals surface area contributed by atoms with Gasteiger partial charge >= 0.3 is 0 Å². The molecule has 1 aromatic carbocycles. The number of piperidine rings is 1. The van der Waals surface area contributed by atoms with Crippen molar-refractivity contribution in [2.24, 2.45) is 5.73 Å². The summed E-state index contributed by atoms with van der Waals surface area (Å²) >= 11 is 0. The average Bonchev–Trinajstić information content (AvgIpc) is 2.52. The van der Waals surface area contributed by atoms with Gasteiger partial charge in [-0.1, -0.05) is 29.8 Å². The Hall–Kier alpha value is -1.59. The van der Waals surface area contributed by atoms with Gasteiger partial charge in [-0.2, -0.15) is 0 Å². The molecule has 3 N–H and O–H groups in total. The molecule has 0 spiro atoms. The molecule has 1 aliphatic rings. The lowest BCUT2D eigenvalue weighted by atomic mass is 10.1. The van der Waals surface area contributed by atoms with Gasteiger partial charge in [0.05, 0.1) is 6.54 Å². The van der Waals surface area contributed by atoms with Crippen molar-refractivity contribution in [1.82, 2.24) is 10.2 Å². The molecule has 0 aromatic heterocycles. The minimum atomic E-state index is -0.0809. The quantitative estimate of drug-likeness (QED) is 0.851. The number of aryl methyl sites for hydroxylation is 2. The fourth-order valence-corrected chi connectivity index (χ4v) is 2.54. The Bertz CT molecular complexity index is 511. The Labute approximate surface area is 144 Å². The number of nitrogens with one attached hydrogen (secondary N) is 1. The summed E-state index contributed by atoms with van der Waals surface area (Å²) in [5.41, 5.74) is 8.16. The number of likely N-dealkylation sites (tertiary alicyclic amines) is 1. The second-order valence-electron chi connectivity index (χ2n) is 5.98. The highest BCUT2D eigenvalue weighted by molar-refractivity contribution is 5.85. The van der Waals surface area contributed by atoms with Crippen molar-refractivity contribution in [2.45, 2.75) is 38.6 Å². The third kappa shape index (κ3) is 6.59. The highest BCUT2D eigenvalue weighted by Gasteiger charge is 2.20. The van der Waals surface area contributed by atoms with Crippen molar-refractivity contribution < 1.29 is 9.59 Å². The molecule has 5 nitrogen and oxygen atoms in total. The molecular formula is C17H26ClN3O2. The molecule has 23 heavy (non-hydrogen) atoms. The molecule has 1 aromatic rings. The first kappa shape index (κ1) is 19.5. The van der Waals surface area contributed by atoms with E-state index in [2.05, 4.69) is 5.32 Å². The van der Waals surface area contributed by atoms with Crippen molar-refractivity contribution in [3.63, 3.8) is 0 Å². The van der Waals surface area contributed by atoms with E-state index in [4.69, 9.17) is 5.73 Å². The largest absolute Gasteiger partial charge is 0.347 e. The lowest BCUT2D eigenvalue weighted by molar-refractivity contribution is -0.133. The van der Waals surface area contributed by atoms with Crippen LogP contribution in [0.3, 0.4) is 0 Å². The molecule has 1 fully saturated rings. The Morgan fingerprint density at radius 3 is 2.43 bits per heavy atom. The molecule has 128 valence electrons. The SMILES string of the molecule is Cc1ccc(CCC(=O)NCC(=O)N2CCC(N)CC2)cc1.Cl. The van der Waals surface area contributed by atoms with Crippen LogP contribution in [0.25, 0.3) is 0 Å². The molecule has 0 bridgehead atoms. The predicted octanol–water partition coefficient (Wildman–Crippen LogP) is 1.42. The Kier molecular flexibility index (Phi) is 8.06. The van der Waals surface area contributed by atoms with Crippen LogP contribution in [-0.4, -0.2) is 42.4 Å². The number of benzene rings is 1. The van der Waals surface area contributed by atoms with Gasteiger partial charge in [0, 0.05) is 25.6 Å². The summed E-state index contributed by atoms with van der Waals surface area (Å²) in [6.07, 6.45) is 2.78. The van der Waals surface area contributed by atoms with Gasteiger partial charge in [-0.3, -0.25) is 9.59 Å². The molecule has 1 heterocycles. The molecule has 0 radical (unpaired) electrons. The lowest BCUT2D eigenvalue weighted by Gasteiger charge is -2.30. The topological polar surface area (TPSA) is 75.4 Å². The zero-order chi connectivity index (χ0) is 15.9. The van der Waals surface area contributed by atoms with Crippen molar-refractivity contribution in [3.8, 4) is 0 Å². The Balaban J connectivity index is 0.00000264. The first-order chi connectivity index (χ1) is 10.5. The number of hydrogen-bond donors (Lipinski definition) is 2. The van der Waals surface area contributed by atoms with Crippen LogP contribution in [-0.2, 0) is 16.0 Å². The second-order valence-corrected chi connectivity index (χ2v) is 5.98. The lowest BCUT2D eigenvalue weighted by Crippen LogP contribution is -2.46. The minimum Gasteiger partial charge on any atom is -0.347 e. The predicted molar refractivity (Wildman–Crippen MR) is 93.5 cm³/mol. The molecule has 0 atom stereocenters. The van der Waals surface area contributed by atoms with Crippen LogP contribution < -0.4 is 11.1 Å². The van der Waals surface area contributed by atoms with Crippen LogP contribution in [0.15, 0.2) is 24.3 Å². The standard InChI is InChI=1S/C17H25N3O2.ClH/c1-13-2-4-14(5-3-13)6-7-16(21)19-12-17(22)20-10-8-15(18)9-11-20;/h2-5,15H,6-12,18H2,1H3,(H,19,21);1H. The van der Waals surface area contributed by atoms with Crippen molar-refractivity contribution >= 4 is 24.2 Å². The molecule has 2 amide bonds. The molecule has 2 rings (SSSR count). The van der Waals surface area contributed by atoms with Crippen LogP contribution in [0, 0.1) is 6.92 Å². The third-order valence-corrected chi connectivity index (χ3v) is 4.09. The number of nitrogens with zero attached hydrogens (tertiary/aromatic N) is 1. The van der Waals surface area contributed by atoms with Crippen LogP contribution in [0.5, 0.6) is 0 Å². The van der Waals surface area contributed by atoms with Gasteiger partial charge in [-0.05, 0) is 31.7 Å². The van der Waals surface area contributed by atoms with E-state index in [9.17, 15) is 9.59 Å². The molecule has 0 saturated carbocycles. The number of carbonyl (C=O) groups excluding carboxylic acids is 2. The van der Waals surface area contributed by atoms with Gasteiger partial charge in [-0.15, -0.1) is 12.4 Å². The monoisotopic (exact) mass is 339 g/mol. The third-order valence-electron chi connectivity index (χ3n) is 4.09. The average molecular weight is 340 g/mol. The van der Waals surface area contributed by atoms with Crippen molar-refractivity contribution in [2.75, 3.05) is 19.6 Å². The normalized spacial score (nSPS) is 15.0. The Morgan fingerprint density at radius 2 is 1.83 bits per heavy atom. The van der Waals surface area contributed by atoms with E-state index in [1.807, 2.05) is 31.2 Å². The van der Waals surface area contributed by atoms with Crippen LogP contribution in [0.1, 0.15) is 30.4 Å². The summed E-state index contributed by atoms with van der Waals surface area (Å²) in [6, 6.07) is 8.35.